The first-order valence-electron chi connectivity index (χ1n) is 11.2. The normalized spacial score (nSPS) is 13.3. The third-order valence-electron chi connectivity index (χ3n) is 5.32. The van der Waals surface area contributed by atoms with Crippen molar-refractivity contribution < 1.29 is 9.90 Å². The summed E-state index contributed by atoms with van der Waals surface area (Å²) in [5.41, 5.74) is 0.861. The van der Waals surface area contributed by atoms with Crippen LogP contribution in [-0.2, 0) is 4.79 Å². The number of unbranched alkanes of at least 4 members (excludes halogenated alkanes) is 10. The van der Waals surface area contributed by atoms with Crippen LogP contribution in [0.4, 0.5) is 0 Å². The van der Waals surface area contributed by atoms with E-state index in [2.05, 4.69) is 12.2 Å². The monoisotopic (exact) mass is 375 g/mol. The molecule has 0 heterocycles. The van der Waals surface area contributed by atoms with Gasteiger partial charge in [-0.05, 0) is 18.4 Å². The van der Waals surface area contributed by atoms with Gasteiger partial charge < -0.3 is 10.4 Å². The predicted octanol–water partition coefficient (Wildman–Crippen LogP) is 6.32. The van der Waals surface area contributed by atoms with Gasteiger partial charge in [0.05, 0.1) is 12.1 Å². The average Bonchev–Trinajstić information content (AvgIpc) is 2.70. The lowest BCUT2D eigenvalue weighted by molar-refractivity contribution is -0.122. The number of hydrogen-bond donors (Lipinski definition) is 2. The van der Waals surface area contributed by atoms with Crippen molar-refractivity contribution in [2.24, 2.45) is 0 Å². The van der Waals surface area contributed by atoms with E-state index in [1.165, 1.54) is 57.8 Å². The first-order valence-corrected chi connectivity index (χ1v) is 11.2. The fourth-order valence-corrected chi connectivity index (χ4v) is 3.52. The van der Waals surface area contributed by atoms with Gasteiger partial charge in [-0.3, -0.25) is 4.79 Å². The zero-order valence-corrected chi connectivity index (χ0v) is 17.6. The molecule has 0 saturated carbocycles. The standard InChI is InChI=1S/C24H41NO2/c1-3-5-6-7-8-9-10-11-12-13-17-20-23(26)25-22(4-2)24(27)21-18-15-14-16-19-21/h14-16,18-19,22,24,27H,3-13,17,20H2,1-2H3,(H,25,26)/t22-,24?/m0/s1. The second kappa shape index (κ2) is 15.7. The molecule has 0 spiro atoms. The van der Waals surface area contributed by atoms with Crippen molar-refractivity contribution in [2.45, 2.75) is 109 Å². The van der Waals surface area contributed by atoms with Gasteiger partial charge in [0.2, 0.25) is 5.91 Å². The summed E-state index contributed by atoms with van der Waals surface area (Å²) >= 11 is 0. The zero-order valence-electron chi connectivity index (χ0n) is 17.6. The highest BCUT2D eigenvalue weighted by molar-refractivity contribution is 5.76. The molecule has 0 aliphatic carbocycles. The van der Waals surface area contributed by atoms with Gasteiger partial charge in [-0.2, -0.15) is 0 Å². The van der Waals surface area contributed by atoms with Gasteiger partial charge in [0.15, 0.2) is 0 Å². The second-order valence-corrected chi connectivity index (χ2v) is 7.72. The van der Waals surface area contributed by atoms with Crippen molar-refractivity contribution in [3.8, 4) is 0 Å². The number of amides is 1. The van der Waals surface area contributed by atoms with Gasteiger partial charge in [0.1, 0.15) is 0 Å². The largest absolute Gasteiger partial charge is 0.386 e. The van der Waals surface area contributed by atoms with Crippen LogP contribution in [0.15, 0.2) is 30.3 Å². The van der Waals surface area contributed by atoms with E-state index in [9.17, 15) is 9.90 Å². The Kier molecular flexibility index (Phi) is 13.8. The summed E-state index contributed by atoms with van der Waals surface area (Å²) in [5.74, 6) is 0.0627. The molecule has 0 aliphatic heterocycles. The van der Waals surface area contributed by atoms with Gasteiger partial charge in [0, 0.05) is 6.42 Å². The molecule has 1 unspecified atom stereocenters. The van der Waals surface area contributed by atoms with Gasteiger partial charge >= 0.3 is 0 Å². The summed E-state index contributed by atoms with van der Waals surface area (Å²) in [6, 6.07) is 9.36. The number of nitrogens with one attached hydrogen (secondary N) is 1. The molecule has 3 nitrogen and oxygen atoms in total. The number of hydrogen-bond acceptors (Lipinski definition) is 2. The summed E-state index contributed by atoms with van der Waals surface area (Å²) in [5, 5.41) is 13.5. The van der Waals surface area contributed by atoms with Crippen LogP contribution < -0.4 is 5.32 Å². The molecule has 0 bridgehead atoms. The van der Waals surface area contributed by atoms with E-state index < -0.39 is 6.10 Å². The number of benzene rings is 1. The molecule has 0 aliphatic rings. The quantitative estimate of drug-likeness (QED) is 0.332. The van der Waals surface area contributed by atoms with Crippen LogP contribution in [0.25, 0.3) is 0 Å². The van der Waals surface area contributed by atoms with E-state index in [4.69, 9.17) is 0 Å². The predicted molar refractivity (Wildman–Crippen MR) is 115 cm³/mol. The lowest BCUT2D eigenvalue weighted by atomic mass is 10.00. The Morgan fingerprint density at radius 1 is 0.852 bits per heavy atom. The van der Waals surface area contributed by atoms with Gasteiger partial charge in [-0.1, -0.05) is 108 Å². The van der Waals surface area contributed by atoms with E-state index in [0.29, 0.717) is 6.42 Å². The Hall–Kier alpha value is -1.35. The van der Waals surface area contributed by atoms with Gasteiger partial charge in [-0.25, -0.2) is 0 Å². The van der Waals surface area contributed by atoms with E-state index in [1.54, 1.807) is 0 Å². The SMILES string of the molecule is CCCCCCCCCCCCCC(=O)N[C@@H](CC)C(O)c1ccccc1. The fourth-order valence-electron chi connectivity index (χ4n) is 3.52. The number of carbonyl (C=O) groups is 1. The van der Waals surface area contributed by atoms with Crippen LogP contribution in [0.2, 0.25) is 0 Å². The minimum Gasteiger partial charge on any atom is -0.386 e. The Balaban J connectivity index is 2.07. The molecule has 2 atom stereocenters. The number of rotatable bonds is 16. The van der Waals surface area contributed by atoms with Crippen LogP contribution in [0, 0.1) is 0 Å². The number of aliphatic hydroxyl groups excluding tert-OH is 1. The number of aliphatic hydroxyl groups is 1. The maximum absolute atomic E-state index is 12.2. The highest BCUT2D eigenvalue weighted by Gasteiger charge is 2.20. The number of carbonyl (C=O) groups excluding carboxylic acids is 1. The van der Waals surface area contributed by atoms with Crippen LogP contribution >= 0.6 is 0 Å². The zero-order chi connectivity index (χ0) is 19.7. The second-order valence-electron chi connectivity index (χ2n) is 7.72. The molecule has 0 fully saturated rings. The maximum Gasteiger partial charge on any atom is 0.220 e. The van der Waals surface area contributed by atoms with Crippen molar-refractivity contribution in [1.29, 1.82) is 0 Å². The molecule has 1 amide bonds. The minimum atomic E-state index is -0.641. The molecule has 27 heavy (non-hydrogen) atoms. The van der Waals surface area contributed by atoms with Crippen LogP contribution in [0.1, 0.15) is 109 Å². The lowest BCUT2D eigenvalue weighted by Gasteiger charge is -2.23. The molecule has 2 N–H and O–H groups in total. The molecular weight excluding hydrogens is 334 g/mol. The summed E-state index contributed by atoms with van der Waals surface area (Å²) in [7, 11) is 0. The molecule has 0 aromatic heterocycles. The first kappa shape index (κ1) is 23.7. The molecule has 1 rings (SSSR count). The molecule has 0 radical (unpaired) electrons. The van der Waals surface area contributed by atoms with Crippen molar-refractivity contribution in [1.82, 2.24) is 5.32 Å². The van der Waals surface area contributed by atoms with Crippen molar-refractivity contribution in [3.05, 3.63) is 35.9 Å². The maximum atomic E-state index is 12.2. The van der Waals surface area contributed by atoms with Crippen LogP contribution in [0.3, 0.4) is 0 Å². The molecular formula is C24H41NO2. The minimum absolute atomic E-state index is 0.0627. The summed E-state index contributed by atoms with van der Waals surface area (Å²) < 4.78 is 0. The summed E-state index contributed by atoms with van der Waals surface area (Å²) in [6.45, 7) is 4.26. The van der Waals surface area contributed by atoms with Gasteiger partial charge in [-0.15, -0.1) is 0 Å². The Bertz CT molecular complexity index is 475. The van der Waals surface area contributed by atoms with Gasteiger partial charge in [0.25, 0.3) is 0 Å². The van der Waals surface area contributed by atoms with E-state index in [0.717, 1.165) is 24.8 Å². The summed E-state index contributed by atoms with van der Waals surface area (Å²) in [6.07, 6.45) is 14.8. The van der Waals surface area contributed by atoms with E-state index in [1.807, 2.05) is 37.3 Å². The molecule has 0 saturated heterocycles. The first-order chi connectivity index (χ1) is 13.2. The molecule has 1 aromatic carbocycles. The third kappa shape index (κ3) is 11.2. The topological polar surface area (TPSA) is 49.3 Å². The Labute approximate surface area is 167 Å². The van der Waals surface area contributed by atoms with Crippen molar-refractivity contribution in [2.75, 3.05) is 0 Å². The Morgan fingerprint density at radius 2 is 1.37 bits per heavy atom. The highest BCUT2D eigenvalue weighted by atomic mass is 16.3. The fraction of sp³-hybridized carbons (Fsp3) is 0.708. The lowest BCUT2D eigenvalue weighted by Crippen LogP contribution is -2.38. The Morgan fingerprint density at radius 3 is 1.89 bits per heavy atom. The molecule has 154 valence electrons. The molecule has 1 aromatic rings. The third-order valence-corrected chi connectivity index (χ3v) is 5.32. The average molecular weight is 376 g/mol. The van der Waals surface area contributed by atoms with E-state index >= 15 is 0 Å². The van der Waals surface area contributed by atoms with Crippen molar-refractivity contribution in [3.63, 3.8) is 0 Å². The molecule has 3 heteroatoms. The van der Waals surface area contributed by atoms with Crippen molar-refractivity contribution >= 4 is 5.91 Å². The van der Waals surface area contributed by atoms with Crippen LogP contribution in [0.5, 0.6) is 0 Å². The summed E-state index contributed by atoms with van der Waals surface area (Å²) in [4.78, 5) is 12.2. The van der Waals surface area contributed by atoms with Crippen LogP contribution in [-0.4, -0.2) is 17.1 Å². The highest BCUT2D eigenvalue weighted by Crippen LogP contribution is 2.19. The van der Waals surface area contributed by atoms with E-state index in [-0.39, 0.29) is 11.9 Å². The smallest absolute Gasteiger partial charge is 0.220 e.